The molecule has 0 unspecified atom stereocenters. The highest BCUT2D eigenvalue weighted by atomic mass is 16.3. The van der Waals surface area contributed by atoms with Gasteiger partial charge in [0.1, 0.15) is 11.3 Å². The Morgan fingerprint density at radius 2 is 2.09 bits per heavy atom. The molecule has 1 aromatic carbocycles. The Hall–Kier alpha value is -2.03. The number of nitrogens with one attached hydrogen (secondary N) is 1. The maximum atomic E-state index is 11.9. The minimum absolute atomic E-state index is 0.108. The van der Waals surface area contributed by atoms with Crippen molar-refractivity contribution in [2.45, 2.75) is 44.9 Å². The van der Waals surface area contributed by atoms with Crippen LogP contribution in [0.1, 0.15) is 44.3 Å². The SMILES string of the molecule is O=C(CCc1cc2ccccc2o1)NCCC1=CCCCC1. The molecule has 0 fully saturated rings. The minimum atomic E-state index is 0.108. The van der Waals surface area contributed by atoms with E-state index in [-0.39, 0.29) is 5.91 Å². The van der Waals surface area contributed by atoms with Gasteiger partial charge in [0.05, 0.1) is 0 Å². The zero-order valence-electron chi connectivity index (χ0n) is 12.9. The van der Waals surface area contributed by atoms with E-state index in [2.05, 4.69) is 11.4 Å². The van der Waals surface area contributed by atoms with Crippen molar-refractivity contribution in [1.82, 2.24) is 5.32 Å². The van der Waals surface area contributed by atoms with Crippen LogP contribution >= 0.6 is 0 Å². The van der Waals surface area contributed by atoms with Crippen LogP contribution in [0.5, 0.6) is 0 Å². The normalized spacial score (nSPS) is 14.8. The lowest BCUT2D eigenvalue weighted by molar-refractivity contribution is -0.121. The maximum absolute atomic E-state index is 11.9. The van der Waals surface area contributed by atoms with Crippen molar-refractivity contribution in [3.8, 4) is 0 Å². The Morgan fingerprint density at radius 1 is 1.18 bits per heavy atom. The number of carbonyl (C=O) groups excluding carboxylic acids is 1. The summed E-state index contributed by atoms with van der Waals surface area (Å²) in [6.07, 6.45) is 9.49. The third kappa shape index (κ3) is 4.00. The van der Waals surface area contributed by atoms with Gasteiger partial charge in [-0.2, -0.15) is 0 Å². The van der Waals surface area contributed by atoms with E-state index in [1.54, 1.807) is 0 Å². The molecule has 0 saturated heterocycles. The molecule has 3 rings (SSSR count). The molecule has 0 bridgehead atoms. The number of para-hydroxylation sites is 1. The standard InChI is InChI=1S/C19H23NO2/c21-19(20-13-12-15-6-2-1-3-7-15)11-10-17-14-16-8-4-5-9-18(16)22-17/h4-6,8-9,14H,1-3,7,10-13H2,(H,20,21). The molecule has 0 aliphatic heterocycles. The molecule has 1 aliphatic carbocycles. The molecule has 3 heteroatoms. The van der Waals surface area contributed by atoms with Crippen molar-refractivity contribution >= 4 is 16.9 Å². The number of benzene rings is 1. The Balaban J connectivity index is 1.41. The van der Waals surface area contributed by atoms with Gasteiger partial charge in [-0.15, -0.1) is 0 Å². The topological polar surface area (TPSA) is 42.2 Å². The summed E-state index contributed by atoms with van der Waals surface area (Å²) in [6, 6.07) is 9.96. The molecule has 1 N–H and O–H groups in total. The predicted octanol–water partition coefficient (Wildman–Crippen LogP) is 4.37. The summed E-state index contributed by atoms with van der Waals surface area (Å²) in [7, 11) is 0. The summed E-state index contributed by atoms with van der Waals surface area (Å²) >= 11 is 0. The van der Waals surface area contributed by atoms with Gasteiger partial charge in [0.2, 0.25) is 5.91 Å². The van der Waals surface area contributed by atoms with Crippen LogP contribution < -0.4 is 5.32 Å². The van der Waals surface area contributed by atoms with Gasteiger partial charge in [0.25, 0.3) is 0 Å². The average Bonchev–Trinajstić information content (AvgIpc) is 2.97. The lowest BCUT2D eigenvalue weighted by Crippen LogP contribution is -2.25. The summed E-state index contributed by atoms with van der Waals surface area (Å²) in [5.74, 6) is 0.989. The van der Waals surface area contributed by atoms with E-state index in [4.69, 9.17) is 4.42 Å². The van der Waals surface area contributed by atoms with Crippen LogP contribution in [0.4, 0.5) is 0 Å². The summed E-state index contributed by atoms with van der Waals surface area (Å²) in [4.78, 5) is 11.9. The fourth-order valence-corrected chi connectivity index (χ4v) is 2.98. The zero-order chi connectivity index (χ0) is 15.2. The summed E-state index contributed by atoms with van der Waals surface area (Å²) in [5, 5.41) is 4.11. The molecule has 22 heavy (non-hydrogen) atoms. The van der Waals surface area contributed by atoms with Gasteiger partial charge in [0.15, 0.2) is 0 Å². The van der Waals surface area contributed by atoms with Crippen LogP contribution in [-0.4, -0.2) is 12.5 Å². The number of amides is 1. The van der Waals surface area contributed by atoms with Gasteiger partial charge in [-0.05, 0) is 44.2 Å². The van der Waals surface area contributed by atoms with Crippen molar-refractivity contribution in [2.75, 3.05) is 6.54 Å². The van der Waals surface area contributed by atoms with Crippen molar-refractivity contribution < 1.29 is 9.21 Å². The Bertz CT molecular complexity index is 636. The molecule has 0 radical (unpaired) electrons. The molecule has 0 saturated carbocycles. The predicted molar refractivity (Wildman–Crippen MR) is 88.7 cm³/mol. The molecule has 0 spiro atoms. The minimum Gasteiger partial charge on any atom is -0.461 e. The van der Waals surface area contributed by atoms with Crippen LogP contribution in [-0.2, 0) is 11.2 Å². The summed E-state index contributed by atoms with van der Waals surface area (Å²) in [6.45, 7) is 0.755. The highest BCUT2D eigenvalue weighted by Gasteiger charge is 2.08. The summed E-state index contributed by atoms with van der Waals surface area (Å²) < 4.78 is 5.73. The number of furan rings is 1. The number of hydrogen-bond acceptors (Lipinski definition) is 2. The van der Waals surface area contributed by atoms with Gasteiger partial charge < -0.3 is 9.73 Å². The third-order valence-corrected chi connectivity index (χ3v) is 4.23. The molecule has 0 atom stereocenters. The number of aryl methyl sites for hydroxylation is 1. The number of carbonyl (C=O) groups is 1. The van der Waals surface area contributed by atoms with Gasteiger partial charge in [-0.3, -0.25) is 4.79 Å². The van der Waals surface area contributed by atoms with Crippen LogP contribution in [0.2, 0.25) is 0 Å². The van der Waals surface area contributed by atoms with E-state index in [1.165, 1.54) is 31.3 Å². The molecule has 116 valence electrons. The van der Waals surface area contributed by atoms with E-state index < -0.39 is 0 Å². The number of hydrogen-bond donors (Lipinski definition) is 1. The van der Waals surface area contributed by atoms with E-state index >= 15 is 0 Å². The van der Waals surface area contributed by atoms with Crippen LogP contribution in [0, 0.1) is 0 Å². The average molecular weight is 297 g/mol. The molecule has 3 nitrogen and oxygen atoms in total. The van der Waals surface area contributed by atoms with Crippen molar-refractivity contribution in [3.63, 3.8) is 0 Å². The first-order chi connectivity index (χ1) is 10.8. The van der Waals surface area contributed by atoms with E-state index in [1.807, 2.05) is 30.3 Å². The van der Waals surface area contributed by atoms with Gasteiger partial charge in [-0.1, -0.05) is 29.8 Å². The molecular formula is C19H23NO2. The number of allylic oxidation sites excluding steroid dienone is 1. The van der Waals surface area contributed by atoms with Gasteiger partial charge >= 0.3 is 0 Å². The first-order valence-corrected chi connectivity index (χ1v) is 8.23. The molecule has 1 aromatic heterocycles. The Kier molecular flexibility index (Phi) is 4.94. The molecule has 2 aromatic rings. The third-order valence-electron chi connectivity index (χ3n) is 4.23. The fourth-order valence-electron chi connectivity index (χ4n) is 2.98. The number of fused-ring (bicyclic) bond motifs is 1. The molecular weight excluding hydrogens is 274 g/mol. The van der Waals surface area contributed by atoms with Crippen molar-refractivity contribution in [1.29, 1.82) is 0 Å². The van der Waals surface area contributed by atoms with Gasteiger partial charge in [-0.25, -0.2) is 0 Å². The fraction of sp³-hybridized carbons (Fsp3) is 0.421. The Labute approximate surface area is 131 Å². The van der Waals surface area contributed by atoms with Crippen LogP contribution in [0.15, 0.2) is 46.4 Å². The zero-order valence-corrected chi connectivity index (χ0v) is 12.9. The highest BCUT2D eigenvalue weighted by molar-refractivity contribution is 5.78. The summed E-state index contributed by atoms with van der Waals surface area (Å²) in [5.41, 5.74) is 2.39. The van der Waals surface area contributed by atoms with Gasteiger partial charge in [0, 0.05) is 24.8 Å². The first-order valence-electron chi connectivity index (χ1n) is 8.23. The van der Waals surface area contributed by atoms with E-state index in [0.717, 1.165) is 29.7 Å². The lowest BCUT2D eigenvalue weighted by Gasteiger charge is -2.12. The number of rotatable bonds is 6. The second kappa shape index (κ2) is 7.30. The first kappa shape index (κ1) is 14.9. The lowest BCUT2D eigenvalue weighted by atomic mass is 9.97. The quantitative estimate of drug-likeness (QED) is 0.804. The molecule has 1 amide bonds. The van der Waals surface area contributed by atoms with E-state index in [9.17, 15) is 4.79 Å². The smallest absolute Gasteiger partial charge is 0.220 e. The second-order valence-electron chi connectivity index (χ2n) is 5.96. The van der Waals surface area contributed by atoms with Crippen LogP contribution in [0.25, 0.3) is 11.0 Å². The largest absolute Gasteiger partial charge is 0.461 e. The van der Waals surface area contributed by atoms with Crippen molar-refractivity contribution in [3.05, 3.63) is 47.7 Å². The monoisotopic (exact) mass is 297 g/mol. The van der Waals surface area contributed by atoms with Crippen molar-refractivity contribution in [2.24, 2.45) is 0 Å². The molecule has 1 heterocycles. The molecule has 1 aliphatic rings. The second-order valence-corrected chi connectivity index (χ2v) is 5.96. The maximum Gasteiger partial charge on any atom is 0.220 e. The highest BCUT2D eigenvalue weighted by Crippen LogP contribution is 2.20. The van der Waals surface area contributed by atoms with Crippen LogP contribution in [0.3, 0.4) is 0 Å². The van der Waals surface area contributed by atoms with E-state index in [0.29, 0.717) is 12.8 Å². The Morgan fingerprint density at radius 3 is 2.91 bits per heavy atom.